The second-order valence-electron chi connectivity index (χ2n) is 7.25. The maximum absolute atomic E-state index is 14.5. The number of hydrogen-bond acceptors (Lipinski definition) is 5. The highest BCUT2D eigenvalue weighted by molar-refractivity contribution is 6.30. The number of anilines is 1. The number of aromatic nitrogens is 4. The fourth-order valence-corrected chi connectivity index (χ4v) is 3.56. The van der Waals surface area contributed by atoms with Crippen LogP contribution in [0.4, 0.5) is 10.2 Å². The summed E-state index contributed by atoms with van der Waals surface area (Å²) in [5.41, 5.74) is 2.73. The van der Waals surface area contributed by atoms with Gasteiger partial charge in [0.1, 0.15) is 11.6 Å². The molecule has 0 bridgehead atoms. The molecule has 3 aromatic heterocycles. The van der Waals surface area contributed by atoms with Gasteiger partial charge in [-0.25, -0.2) is 9.37 Å². The molecule has 1 aliphatic rings. The molecule has 0 atom stereocenters. The van der Waals surface area contributed by atoms with Gasteiger partial charge in [-0.05, 0) is 43.3 Å². The first-order valence-electron chi connectivity index (χ1n) is 10.0. The van der Waals surface area contributed by atoms with Crippen molar-refractivity contribution in [2.45, 2.75) is 6.92 Å². The van der Waals surface area contributed by atoms with Gasteiger partial charge in [0.05, 0.1) is 24.4 Å². The Balaban J connectivity index is 0.000000334. The van der Waals surface area contributed by atoms with E-state index in [-0.39, 0.29) is 5.82 Å². The zero-order chi connectivity index (χ0) is 21.8. The molecule has 31 heavy (non-hydrogen) atoms. The molecular weight excluding hydrogens is 417 g/mol. The van der Waals surface area contributed by atoms with Crippen LogP contribution in [0, 0.1) is 12.7 Å². The molecule has 0 spiro atoms. The highest BCUT2D eigenvalue weighted by Gasteiger charge is 2.18. The van der Waals surface area contributed by atoms with Gasteiger partial charge >= 0.3 is 0 Å². The Labute approximate surface area is 185 Å². The van der Waals surface area contributed by atoms with Gasteiger partial charge in [-0.1, -0.05) is 11.6 Å². The molecule has 6 nitrogen and oxygen atoms in total. The Morgan fingerprint density at radius 3 is 2.52 bits per heavy atom. The Morgan fingerprint density at radius 2 is 1.87 bits per heavy atom. The van der Waals surface area contributed by atoms with Crippen molar-refractivity contribution in [2.75, 3.05) is 31.2 Å². The van der Waals surface area contributed by atoms with Gasteiger partial charge in [-0.3, -0.25) is 9.67 Å². The summed E-state index contributed by atoms with van der Waals surface area (Å²) in [4.78, 5) is 11.5. The molecule has 0 amide bonds. The van der Waals surface area contributed by atoms with Crippen molar-refractivity contribution in [2.24, 2.45) is 7.05 Å². The smallest absolute Gasteiger partial charge is 0.134 e. The van der Waals surface area contributed by atoms with E-state index >= 15 is 0 Å². The molecule has 1 saturated heterocycles. The van der Waals surface area contributed by atoms with Gasteiger partial charge in [0.2, 0.25) is 0 Å². The Morgan fingerprint density at radius 1 is 1.06 bits per heavy atom. The Hall–Kier alpha value is -3.03. The summed E-state index contributed by atoms with van der Waals surface area (Å²) >= 11 is 5.90. The van der Waals surface area contributed by atoms with Crippen molar-refractivity contribution in [3.05, 3.63) is 71.4 Å². The highest BCUT2D eigenvalue weighted by atomic mass is 35.5. The predicted molar refractivity (Wildman–Crippen MR) is 121 cm³/mol. The first-order valence-corrected chi connectivity index (χ1v) is 10.4. The van der Waals surface area contributed by atoms with Crippen LogP contribution in [0.3, 0.4) is 0 Å². The van der Waals surface area contributed by atoms with Crippen molar-refractivity contribution in [3.63, 3.8) is 0 Å². The van der Waals surface area contributed by atoms with E-state index in [0.29, 0.717) is 29.5 Å². The van der Waals surface area contributed by atoms with Crippen LogP contribution in [-0.2, 0) is 11.8 Å². The zero-order valence-corrected chi connectivity index (χ0v) is 18.2. The average Bonchev–Trinajstić information content (AvgIpc) is 3.25. The fourth-order valence-electron chi connectivity index (χ4n) is 3.40. The summed E-state index contributed by atoms with van der Waals surface area (Å²) in [5.74, 6) is 0.402. The number of halogens is 2. The molecule has 0 radical (unpaired) electrons. The van der Waals surface area contributed by atoms with Crippen molar-refractivity contribution in [1.82, 2.24) is 19.7 Å². The molecule has 0 aliphatic carbocycles. The van der Waals surface area contributed by atoms with E-state index in [0.717, 1.165) is 35.5 Å². The Kier molecular flexibility index (Phi) is 6.44. The minimum atomic E-state index is -0.388. The third kappa shape index (κ3) is 5.00. The zero-order valence-electron chi connectivity index (χ0n) is 17.4. The number of morpholine rings is 1. The van der Waals surface area contributed by atoms with Crippen LogP contribution in [0.1, 0.15) is 5.69 Å². The van der Waals surface area contributed by atoms with Crippen LogP contribution in [0.2, 0.25) is 5.02 Å². The molecule has 4 aromatic rings. The number of ether oxygens (including phenoxy) is 1. The molecule has 1 fully saturated rings. The normalized spacial score (nSPS) is 13.7. The molecule has 1 aromatic carbocycles. The molecule has 0 N–H and O–H groups in total. The van der Waals surface area contributed by atoms with Crippen LogP contribution < -0.4 is 4.90 Å². The lowest BCUT2D eigenvalue weighted by molar-refractivity contribution is 0.122. The number of rotatable bonds is 2. The molecule has 1 aliphatic heterocycles. The van der Waals surface area contributed by atoms with Crippen LogP contribution in [0.5, 0.6) is 0 Å². The number of pyridine rings is 2. The first-order chi connectivity index (χ1) is 15.0. The van der Waals surface area contributed by atoms with Gasteiger partial charge in [0.15, 0.2) is 0 Å². The van der Waals surface area contributed by atoms with Crippen LogP contribution in [-0.4, -0.2) is 46.1 Å². The van der Waals surface area contributed by atoms with E-state index in [9.17, 15) is 4.39 Å². The molecule has 0 unspecified atom stereocenters. The van der Waals surface area contributed by atoms with Crippen molar-refractivity contribution in [3.8, 4) is 11.3 Å². The summed E-state index contributed by atoms with van der Waals surface area (Å²) in [6.07, 6.45) is 3.64. The second-order valence-corrected chi connectivity index (χ2v) is 7.69. The summed E-state index contributed by atoms with van der Waals surface area (Å²) in [5, 5.41) is 5.02. The minimum absolute atomic E-state index is 0.365. The molecular formula is C23H23ClFN5O. The number of nitrogens with zero attached hydrogens (tertiary/aromatic N) is 5. The standard InChI is InChI=1S/C19H17ClFN3O.C4H6N2/c1-12-2-4-15-17(22-12)11-18(24-6-8-25-9-7-24)23-19(15)14-5-3-13(20)10-16(14)21;1-6-4-2-3-5-6/h2-5,10-11H,6-9H2,1H3;2-4H,1H3. The monoisotopic (exact) mass is 439 g/mol. The summed E-state index contributed by atoms with van der Waals surface area (Å²) in [6, 6.07) is 12.4. The highest BCUT2D eigenvalue weighted by Crippen LogP contribution is 2.32. The lowest BCUT2D eigenvalue weighted by atomic mass is 10.1. The third-order valence-electron chi connectivity index (χ3n) is 4.97. The summed E-state index contributed by atoms with van der Waals surface area (Å²) < 4.78 is 21.7. The quantitative estimate of drug-likeness (QED) is 0.455. The van der Waals surface area contributed by atoms with Crippen LogP contribution in [0.15, 0.2) is 54.9 Å². The Bertz CT molecular complexity index is 1180. The largest absolute Gasteiger partial charge is 0.378 e. The molecule has 8 heteroatoms. The van der Waals surface area contributed by atoms with E-state index in [1.54, 1.807) is 23.0 Å². The van der Waals surface area contributed by atoms with E-state index in [1.165, 1.54) is 6.07 Å². The van der Waals surface area contributed by atoms with Crippen molar-refractivity contribution < 1.29 is 9.13 Å². The predicted octanol–water partition coefficient (Wildman–Crippen LogP) is 4.65. The SMILES string of the molecule is Cc1ccc2c(-c3ccc(Cl)cc3F)nc(N3CCOCC3)cc2n1.Cn1cccn1. The molecule has 4 heterocycles. The lowest BCUT2D eigenvalue weighted by Crippen LogP contribution is -2.36. The van der Waals surface area contributed by atoms with Crippen molar-refractivity contribution >= 4 is 28.3 Å². The minimum Gasteiger partial charge on any atom is -0.378 e. The molecule has 5 rings (SSSR count). The van der Waals surface area contributed by atoms with E-state index in [4.69, 9.17) is 21.3 Å². The third-order valence-corrected chi connectivity index (χ3v) is 5.20. The van der Waals surface area contributed by atoms with Gasteiger partial charge < -0.3 is 9.64 Å². The summed E-state index contributed by atoms with van der Waals surface area (Å²) in [6.45, 7) is 4.77. The van der Waals surface area contributed by atoms with E-state index in [1.807, 2.05) is 44.4 Å². The van der Waals surface area contributed by atoms with Gasteiger partial charge in [-0.2, -0.15) is 5.10 Å². The maximum Gasteiger partial charge on any atom is 0.134 e. The lowest BCUT2D eigenvalue weighted by Gasteiger charge is -2.28. The van der Waals surface area contributed by atoms with Crippen LogP contribution in [0.25, 0.3) is 22.2 Å². The second kappa shape index (κ2) is 9.41. The summed E-state index contributed by atoms with van der Waals surface area (Å²) in [7, 11) is 1.89. The van der Waals surface area contributed by atoms with Crippen molar-refractivity contribution in [1.29, 1.82) is 0 Å². The number of fused-ring (bicyclic) bond motifs is 1. The van der Waals surface area contributed by atoms with E-state index < -0.39 is 0 Å². The van der Waals surface area contributed by atoms with Gasteiger partial charge in [0.25, 0.3) is 0 Å². The average molecular weight is 440 g/mol. The van der Waals surface area contributed by atoms with Crippen LogP contribution >= 0.6 is 11.6 Å². The first kappa shape index (κ1) is 21.2. The number of aryl methyl sites for hydroxylation is 2. The van der Waals surface area contributed by atoms with E-state index in [2.05, 4.69) is 15.0 Å². The van der Waals surface area contributed by atoms with Gasteiger partial charge in [-0.15, -0.1) is 0 Å². The molecule has 160 valence electrons. The fraction of sp³-hybridized carbons (Fsp3) is 0.261. The number of benzene rings is 1. The maximum atomic E-state index is 14.5. The number of hydrogen-bond donors (Lipinski definition) is 0. The molecule has 0 saturated carbocycles. The topological polar surface area (TPSA) is 56.1 Å². The van der Waals surface area contributed by atoms with Gasteiger partial charge in [0, 0.05) is 60.3 Å².